The van der Waals surface area contributed by atoms with Crippen LogP contribution in [0.25, 0.3) is 0 Å². The average molecular weight is 715 g/mol. The first kappa shape index (κ1) is 40.1. The zero-order valence-corrected chi connectivity index (χ0v) is 33.7. The second-order valence-electron chi connectivity index (χ2n) is 17.0. The molecule has 3 rings (SSSR count). The molecule has 0 aliphatic rings. The lowest BCUT2D eigenvalue weighted by Crippen LogP contribution is -2.24. The molecule has 0 saturated carbocycles. The van der Waals surface area contributed by atoms with Crippen molar-refractivity contribution in [1.82, 2.24) is 0 Å². The SMILES string of the molecule is CC(C)(Sc1cc(C(C)(C)C)c(O)c(C(C)(C)C)c1)Sc1cc(C(C)(C)C)c(OC(=O)CP(=O)(O)Oc2ccccc2)c(C(C)(C)C)c1. The number of thioether (sulfide) groups is 2. The number of esters is 1. The van der Waals surface area contributed by atoms with Gasteiger partial charge in [-0.05, 0) is 71.9 Å². The maximum Gasteiger partial charge on any atom is 0.387 e. The first-order valence-electron chi connectivity index (χ1n) is 16.3. The van der Waals surface area contributed by atoms with Crippen molar-refractivity contribution in [3.8, 4) is 17.2 Å². The smallest absolute Gasteiger partial charge is 0.387 e. The van der Waals surface area contributed by atoms with Gasteiger partial charge in [-0.25, -0.2) is 4.57 Å². The van der Waals surface area contributed by atoms with Crippen molar-refractivity contribution in [3.05, 3.63) is 76.9 Å². The summed E-state index contributed by atoms with van der Waals surface area (Å²) in [7, 11) is -4.32. The molecule has 0 spiro atoms. The van der Waals surface area contributed by atoms with E-state index in [2.05, 4.69) is 121 Å². The molecule has 2 N–H and O–H groups in total. The van der Waals surface area contributed by atoms with Crippen LogP contribution in [0.4, 0.5) is 0 Å². The van der Waals surface area contributed by atoms with Gasteiger partial charge in [0.05, 0.1) is 4.08 Å². The predicted molar refractivity (Wildman–Crippen MR) is 203 cm³/mol. The number of aromatic hydroxyl groups is 1. The number of phenols is 1. The van der Waals surface area contributed by atoms with E-state index < -0.39 is 30.6 Å². The summed E-state index contributed by atoms with van der Waals surface area (Å²) in [6.07, 6.45) is -0.783. The van der Waals surface area contributed by atoms with E-state index in [0.717, 1.165) is 32.0 Å². The van der Waals surface area contributed by atoms with E-state index >= 15 is 0 Å². The summed E-state index contributed by atoms with van der Waals surface area (Å²) in [6.45, 7) is 29.5. The monoisotopic (exact) mass is 714 g/mol. The minimum atomic E-state index is -4.32. The first-order chi connectivity index (χ1) is 21.6. The largest absolute Gasteiger partial charge is 0.507 e. The minimum absolute atomic E-state index is 0.209. The molecule has 3 aromatic rings. The highest BCUT2D eigenvalue weighted by atomic mass is 32.2. The molecule has 0 aliphatic heterocycles. The topological polar surface area (TPSA) is 93.1 Å². The molecule has 1 atom stereocenters. The number of ether oxygens (including phenoxy) is 1. The Morgan fingerprint density at radius 3 is 1.42 bits per heavy atom. The van der Waals surface area contributed by atoms with Gasteiger partial charge in [-0.15, -0.1) is 23.5 Å². The van der Waals surface area contributed by atoms with E-state index in [1.807, 2.05) is 0 Å². The molecule has 48 heavy (non-hydrogen) atoms. The maximum absolute atomic E-state index is 13.3. The van der Waals surface area contributed by atoms with Gasteiger partial charge in [0.1, 0.15) is 17.2 Å². The number of carbonyl (C=O) groups excluding carboxylic acids is 1. The van der Waals surface area contributed by atoms with Crippen LogP contribution in [-0.4, -0.2) is 26.2 Å². The lowest BCUT2D eigenvalue weighted by Gasteiger charge is -2.32. The Labute approximate surface area is 297 Å². The van der Waals surface area contributed by atoms with Crippen LogP contribution in [0.1, 0.15) is 119 Å². The summed E-state index contributed by atoms with van der Waals surface area (Å²) >= 11 is 3.48. The molecule has 0 radical (unpaired) electrons. The van der Waals surface area contributed by atoms with Crippen LogP contribution < -0.4 is 9.26 Å². The fourth-order valence-corrected chi connectivity index (χ4v) is 8.76. The summed E-state index contributed by atoms with van der Waals surface area (Å²) in [5.74, 6) is 0.155. The third-order valence-corrected chi connectivity index (χ3v) is 11.2. The lowest BCUT2D eigenvalue weighted by molar-refractivity contribution is -0.131. The van der Waals surface area contributed by atoms with Crippen LogP contribution in [0, 0.1) is 0 Å². The van der Waals surface area contributed by atoms with Gasteiger partial charge in [-0.1, -0.05) is 101 Å². The second kappa shape index (κ2) is 14.1. The Bertz CT molecular complexity index is 1600. The van der Waals surface area contributed by atoms with Gasteiger partial charge in [0.25, 0.3) is 0 Å². The second-order valence-corrected chi connectivity index (χ2v) is 22.4. The standard InChI is InChI=1S/C39H55O6PS2/c1-35(2,3)28-20-26(21-29(33(28)41)36(4,5)6)47-39(13,14)48-27-22-30(37(7,8)9)34(31(23-27)38(10,11)12)44-32(40)24-46(42,43)45-25-18-16-15-17-19-25/h15-23,41H,24H2,1-14H3,(H,42,43). The molecule has 0 heterocycles. The van der Waals surface area contributed by atoms with Crippen molar-refractivity contribution in [3.63, 3.8) is 0 Å². The number of benzene rings is 3. The van der Waals surface area contributed by atoms with Crippen molar-refractivity contribution >= 4 is 37.1 Å². The minimum Gasteiger partial charge on any atom is -0.507 e. The molecule has 0 saturated heterocycles. The number of rotatable bonds is 9. The quantitative estimate of drug-likeness (QED) is 0.0744. The highest BCUT2D eigenvalue weighted by Gasteiger charge is 2.34. The number of hydrogen-bond acceptors (Lipinski definition) is 7. The molecule has 1 unspecified atom stereocenters. The number of carbonyl (C=O) groups is 1. The van der Waals surface area contributed by atoms with Gasteiger partial charge in [0.2, 0.25) is 0 Å². The van der Waals surface area contributed by atoms with Crippen LogP contribution >= 0.6 is 31.1 Å². The fraction of sp³-hybridized carbons (Fsp3) is 0.513. The van der Waals surface area contributed by atoms with Gasteiger partial charge < -0.3 is 19.3 Å². The van der Waals surface area contributed by atoms with Gasteiger partial charge in [-0.2, -0.15) is 0 Å². The third kappa shape index (κ3) is 10.8. The molecule has 0 aliphatic carbocycles. The van der Waals surface area contributed by atoms with Crippen LogP contribution in [0.5, 0.6) is 17.2 Å². The van der Waals surface area contributed by atoms with Gasteiger partial charge >= 0.3 is 13.6 Å². The van der Waals surface area contributed by atoms with Gasteiger partial charge in [0, 0.05) is 32.0 Å². The number of hydrogen-bond donors (Lipinski definition) is 2. The Morgan fingerprint density at radius 2 is 1.04 bits per heavy atom. The normalized spacial score (nSPS) is 14.4. The van der Waals surface area contributed by atoms with E-state index in [-0.39, 0.29) is 20.7 Å². The van der Waals surface area contributed by atoms with Crippen molar-refractivity contribution < 1.29 is 28.6 Å². The Morgan fingerprint density at radius 1 is 0.667 bits per heavy atom. The summed E-state index contributed by atoms with van der Waals surface area (Å²) in [4.78, 5) is 25.9. The molecule has 0 amide bonds. The van der Waals surface area contributed by atoms with Crippen LogP contribution in [0.3, 0.4) is 0 Å². The van der Waals surface area contributed by atoms with Crippen LogP contribution in [-0.2, 0) is 31.0 Å². The zero-order chi connectivity index (χ0) is 36.7. The number of para-hydroxylation sites is 1. The zero-order valence-electron chi connectivity index (χ0n) is 31.2. The first-order valence-corrected chi connectivity index (χ1v) is 19.7. The van der Waals surface area contributed by atoms with E-state index in [4.69, 9.17) is 9.26 Å². The highest BCUT2D eigenvalue weighted by molar-refractivity contribution is 8.18. The van der Waals surface area contributed by atoms with E-state index in [1.165, 1.54) is 0 Å². The van der Waals surface area contributed by atoms with E-state index in [0.29, 0.717) is 11.5 Å². The molecule has 0 fully saturated rings. The maximum atomic E-state index is 13.3. The molecule has 0 aromatic heterocycles. The third-order valence-electron chi connectivity index (χ3n) is 7.64. The molecule has 9 heteroatoms. The van der Waals surface area contributed by atoms with Gasteiger partial charge in [-0.3, -0.25) is 4.79 Å². The summed E-state index contributed by atoms with van der Waals surface area (Å²) in [6, 6.07) is 16.6. The Balaban J connectivity index is 2.02. The molecule has 264 valence electrons. The van der Waals surface area contributed by atoms with Crippen molar-refractivity contribution in [2.45, 2.75) is 132 Å². The lowest BCUT2D eigenvalue weighted by atomic mass is 9.79. The van der Waals surface area contributed by atoms with Gasteiger partial charge in [0.15, 0.2) is 6.16 Å². The van der Waals surface area contributed by atoms with Crippen LogP contribution in [0.2, 0.25) is 0 Å². The Hall–Kier alpha value is -2.38. The predicted octanol–water partition coefficient (Wildman–Crippen LogP) is 11.4. The van der Waals surface area contributed by atoms with E-state index in [1.54, 1.807) is 53.9 Å². The molecule has 6 nitrogen and oxygen atoms in total. The van der Waals surface area contributed by atoms with Crippen LogP contribution in [0.15, 0.2) is 64.4 Å². The number of phenolic OH excluding ortho intramolecular Hbond substituents is 1. The molecule has 3 aromatic carbocycles. The molecular weight excluding hydrogens is 660 g/mol. The summed E-state index contributed by atoms with van der Waals surface area (Å²) in [5, 5.41) is 11.3. The average Bonchev–Trinajstić information content (AvgIpc) is 2.87. The molecular formula is C39H55O6PS2. The summed E-state index contributed by atoms with van der Waals surface area (Å²) in [5.41, 5.74) is 2.24. The highest BCUT2D eigenvalue weighted by Crippen LogP contribution is 2.51. The molecule has 0 bridgehead atoms. The fourth-order valence-electron chi connectivity index (χ4n) is 5.27. The van der Waals surface area contributed by atoms with Crippen molar-refractivity contribution in [2.24, 2.45) is 0 Å². The Kier molecular flexibility index (Phi) is 11.8. The van der Waals surface area contributed by atoms with Crippen molar-refractivity contribution in [2.75, 3.05) is 6.16 Å². The summed E-state index contributed by atoms with van der Waals surface area (Å²) < 4.78 is 23.8. The van der Waals surface area contributed by atoms with E-state index in [9.17, 15) is 19.4 Å². The van der Waals surface area contributed by atoms with Crippen molar-refractivity contribution in [1.29, 1.82) is 0 Å².